The van der Waals surface area contributed by atoms with E-state index in [0.717, 1.165) is 51.0 Å². The summed E-state index contributed by atoms with van der Waals surface area (Å²) in [5.41, 5.74) is 1.33. The molecule has 0 radical (unpaired) electrons. The van der Waals surface area contributed by atoms with E-state index in [9.17, 15) is 9.59 Å². The molecule has 1 atom stereocenters. The van der Waals surface area contributed by atoms with Crippen LogP contribution in [0.4, 0.5) is 0 Å². The fraction of sp³-hybridized carbons (Fsp3) is 0.526. The van der Waals surface area contributed by atoms with Crippen molar-refractivity contribution in [2.75, 3.05) is 6.54 Å². The van der Waals surface area contributed by atoms with Crippen molar-refractivity contribution in [3.8, 4) is 0 Å². The number of benzene rings is 1. The third-order valence-corrected chi connectivity index (χ3v) is 5.42. The average molecular weight is 325 g/mol. The van der Waals surface area contributed by atoms with E-state index in [2.05, 4.69) is 11.9 Å². The summed E-state index contributed by atoms with van der Waals surface area (Å²) in [4.78, 5) is 32.1. The molecule has 0 bridgehead atoms. The summed E-state index contributed by atoms with van der Waals surface area (Å²) < 4.78 is 1.77. The van der Waals surface area contributed by atoms with E-state index in [1.807, 2.05) is 4.90 Å². The van der Waals surface area contributed by atoms with Crippen molar-refractivity contribution >= 4 is 16.8 Å². The SMILES string of the molecule is CCC1CCCCN1C(=O)c1ccc2c(=O)n3c(nc2c1)CCC3. The number of piperidine rings is 1. The molecule has 1 saturated heterocycles. The van der Waals surface area contributed by atoms with Crippen LogP contribution in [0.2, 0.25) is 0 Å². The Morgan fingerprint density at radius 3 is 2.96 bits per heavy atom. The molecule has 3 heterocycles. The van der Waals surface area contributed by atoms with E-state index < -0.39 is 0 Å². The molecule has 24 heavy (non-hydrogen) atoms. The quantitative estimate of drug-likeness (QED) is 0.853. The Balaban J connectivity index is 1.73. The normalized spacial score (nSPS) is 20.4. The Morgan fingerprint density at radius 2 is 2.12 bits per heavy atom. The van der Waals surface area contributed by atoms with Crippen LogP contribution < -0.4 is 5.56 Å². The number of carbonyl (C=O) groups excluding carboxylic acids is 1. The Labute approximate surface area is 141 Å². The number of fused-ring (bicyclic) bond motifs is 2. The van der Waals surface area contributed by atoms with Gasteiger partial charge in [-0.3, -0.25) is 14.2 Å². The topological polar surface area (TPSA) is 55.2 Å². The molecule has 2 aliphatic heterocycles. The summed E-state index contributed by atoms with van der Waals surface area (Å²) in [6, 6.07) is 5.70. The maximum atomic E-state index is 12.9. The number of rotatable bonds is 2. The minimum absolute atomic E-state index is 0.0240. The van der Waals surface area contributed by atoms with Gasteiger partial charge in [0.2, 0.25) is 0 Å². The molecule has 1 amide bonds. The molecule has 2 aliphatic rings. The minimum Gasteiger partial charge on any atom is -0.336 e. The zero-order chi connectivity index (χ0) is 16.7. The molecule has 4 rings (SSSR count). The Hall–Kier alpha value is -2.17. The number of aryl methyl sites for hydroxylation is 1. The summed E-state index contributed by atoms with van der Waals surface area (Å²) in [5.74, 6) is 0.923. The smallest absolute Gasteiger partial charge is 0.261 e. The lowest BCUT2D eigenvalue weighted by Gasteiger charge is -2.35. The molecule has 1 aromatic heterocycles. The van der Waals surface area contributed by atoms with Crippen LogP contribution >= 0.6 is 0 Å². The monoisotopic (exact) mass is 325 g/mol. The van der Waals surface area contributed by atoms with Gasteiger partial charge in [0.15, 0.2) is 0 Å². The second-order valence-electron chi connectivity index (χ2n) is 6.88. The van der Waals surface area contributed by atoms with Crippen molar-refractivity contribution in [1.29, 1.82) is 0 Å². The van der Waals surface area contributed by atoms with E-state index in [4.69, 9.17) is 0 Å². The molecule has 1 fully saturated rings. The van der Waals surface area contributed by atoms with Crippen LogP contribution in [0, 0.1) is 0 Å². The van der Waals surface area contributed by atoms with Gasteiger partial charge in [0.25, 0.3) is 11.5 Å². The van der Waals surface area contributed by atoms with Crippen molar-refractivity contribution in [3.05, 3.63) is 39.9 Å². The van der Waals surface area contributed by atoms with Gasteiger partial charge in [0.1, 0.15) is 5.82 Å². The predicted molar refractivity (Wildman–Crippen MR) is 93.3 cm³/mol. The van der Waals surface area contributed by atoms with Gasteiger partial charge in [-0.15, -0.1) is 0 Å². The number of amides is 1. The fourth-order valence-corrected chi connectivity index (χ4v) is 4.08. The third kappa shape index (κ3) is 2.43. The maximum Gasteiger partial charge on any atom is 0.261 e. The number of hydrogen-bond donors (Lipinski definition) is 0. The van der Waals surface area contributed by atoms with Gasteiger partial charge in [-0.1, -0.05) is 6.92 Å². The molecule has 0 spiro atoms. The lowest BCUT2D eigenvalue weighted by molar-refractivity contribution is 0.0608. The number of hydrogen-bond acceptors (Lipinski definition) is 3. The molecule has 5 nitrogen and oxygen atoms in total. The fourth-order valence-electron chi connectivity index (χ4n) is 4.08. The van der Waals surface area contributed by atoms with E-state index >= 15 is 0 Å². The lowest BCUT2D eigenvalue weighted by atomic mass is 9.98. The highest BCUT2D eigenvalue weighted by Gasteiger charge is 2.26. The number of carbonyl (C=O) groups is 1. The van der Waals surface area contributed by atoms with Gasteiger partial charge in [0.05, 0.1) is 10.9 Å². The van der Waals surface area contributed by atoms with Crippen molar-refractivity contribution in [1.82, 2.24) is 14.5 Å². The van der Waals surface area contributed by atoms with Gasteiger partial charge in [-0.05, 0) is 50.3 Å². The van der Waals surface area contributed by atoms with E-state index in [0.29, 0.717) is 22.5 Å². The summed E-state index contributed by atoms with van der Waals surface area (Å²) in [6.07, 6.45) is 6.16. The van der Waals surface area contributed by atoms with Crippen molar-refractivity contribution in [2.24, 2.45) is 0 Å². The van der Waals surface area contributed by atoms with E-state index in [1.165, 1.54) is 6.42 Å². The van der Waals surface area contributed by atoms with Crippen LogP contribution in [0.25, 0.3) is 10.9 Å². The van der Waals surface area contributed by atoms with Gasteiger partial charge in [-0.25, -0.2) is 4.98 Å². The summed E-state index contributed by atoms with van der Waals surface area (Å²) in [6.45, 7) is 3.72. The number of aromatic nitrogens is 2. The zero-order valence-corrected chi connectivity index (χ0v) is 14.1. The molecule has 5 heteroatoms. The minimum atomic E-state index is 0.0240. The average Bonchev–Trinajstić information content (AvgIpc) is 3.09. The first-order chi connectivity index (χ1) is 11.7. The zero-order valence-electron chi connectivity index (χ0n) is 14.1. The largest absolute Gasteiger partial charge is 0.336 e. The van der Waals surface area contributed by atoms with Gasteiger partial charge < -0.3 is 4.90 Å². The Morgan fingerprint density at radius 1 is 1.25 bits per heavy atom. The van der Waals surface area contributed by atoms with E-state index in [-0.39, 0.29) is 11.5 Å². The highest BCUT2D eigenvalue weighted by molar-refractivity contribution is 5.97. The van der Waals surface area contributed by atoms with Crippen LogP contribution in [0.5, 0.6) is 0 Å². The standard InChI is InChI=1S/C19H23N3O2/c1-2-14-6-3-4-10-21(14)18(23)13-8-9-15-16(12-13)20-17-7-5-11-22(17)19(15)24/h8-9,12,14H,2-7,10-11H2,1H3. The van der Waals surface area contributed by atoms with Crippen molar-refractivity contribution in [3.63, 3.8) is 0 Å². The molecule has 0 aliphatic carbocycles. The van der Waals surface area contributed by atoms with Crippen LogP contribution in [0.15, 0.2) is 23.0 Å². The molecular weight excluding hydrogens is 302 g/mol. The summed E-state index contributed by atoms with van der Waals surface area (Å²) in [5, 5.41) is 0.614. The van der Waals surface area contributed by atoms with Crippen LogP contribution in [0.1, 0.15) is 55.2 Å². The van der Waals surface area contributed by atoms with Crippen LogP contribution in [-0.4, -0.2) is 32.9 Å². The Kier molecular flexibility index (Phi) is 3.87. The molecule has 2 aromatic rings. The lowest BCUT2D eigenvalue weighted by Crippen LogP contribution is -2.43. The number of nitrogens with zero attached hydrogens (tertiary/aromatic N) is 3. The molecule has 0 N–H and O–H groups in total. The van der Waals surface area contributed by atoms with Crippen molar-refractivity contribution < 1.29 is 4.79 Å². The molecular formula is C19H23N3O2. The molecule has 1 aromatic carbocycles. The highest BCUT2D eigenvalue weighted by Crippen LogP contribution is 2.23. The van der Waals surface area contributed by atoms with Gasteiger partial charge in [0, 0.05) is 31.1 Å². The first-order valence-electron chi connectivity index (χ1n) is 9.03. The Bertz CT molecular complexity index is 856. The summed E-state index contributed by atoms with van der Waals surface area (Å²) >= 11 is 0. The summed E-state index contributed by atoms with van der Waals surface area (Å²) in [7, 11) is 0. The highest BCUT2D eigenvalue weighted by atomic mass is 16.2. The second-order valence-corrected chi connectivity index (χ2v) is 6.88. The van der Waals surface area contributed by atoms with Crippen LogP contribution in [-0.2, 0) is 13.0 Å². The predicted octanol–water partition coefficient (Wildman–Crippen LogP) is 2.75. The third-order valence-electron chi connectivity index (χ3n) is 5.42. The molecule has 126 valence electrons. The van der Waals surface area contributed by atoms with Gasteiger partial charge in [-0.2, -0.15) is 0 Å². The molecule has 1 unspecified atom stereocenters. The van der Waals surface area contributed by atoms with Crippen LogP contribution in [0.3, 0.4) is 0 Å². The number of likely N-dealkylation sites (tertiary alicyclic amines) is 1. The van der Waals surface area contributed by atoms with Gasteiger partial charge >= 0.3 is 0 Å². The first-order valence-corrected chi connectivity index (χ1v) is 9.03. The maximum absolute atomic E-state index is 12.9. The molecule has 0 saturated carbocycles. The first kappa shape index (κ1) is 15.4. The second kappa shape index (κ2) is 6.04. The van der Waals surface area contributed by atoms with Crippen molar-refractivity contribution in [2.45, 2.75) is 58.0 Å². The van der Waals surface area contributed by atoms with E-state index in [1.54, 1.807) is 22.8 Å².